The molecule has 0 fully saturated rings. The van der Waals surface area contributed by atoms with Gasteiger partial charge in [-0.15, -0.1) is 0 Å². The summed E-state index contributed by atoms with van der Waals surface area (Å²) in [7, 11) is 1.83. The smallest absolute Gasteiger partial charge is 0.274 e. The summed E-state index contributed by atoms with van der Waals surface area (Å²) >= 11 is 9.37. The number of rotatable bonds is 5. The molecule has 0 radical (unpaired) electrons. The summed E-state index contributed by atoms with van der Waals surface area (Å²) in [6.07, 6.45) is 0. The van der Waals surface area contributed by atoms with Gasteiger partial charge in [-0.25, -0.2) is 0 Å². The standard InChI is InChI=1S/C14H12BrClN2O3/c1-17-8-9-2-3-12(7-14(9)16)21-13-5-10(15)4-11(6-13)18(19)20/h2-7,17H,8H2,1H3. The van der Waals surface area contributed by atoms with E-state index in [0.717, 1.165) is 5.56 Å². The van der Waals surface area contributed by atoms with E-state index in [1.165, 1.54) is 12.1 Å². The van der Waals surface area contributed by atoms with E-state index in [2.05, 4.69) is 21.2 Å². The first-order chi connectivity index (χ1) is 9.99. The van der Waals surface area contributed by atoms with Crippen molar-refractivity contribution in [3.63, 3.8) is 0 Å². The van der Waals surface area contributed by atoms with Crippen LogP contribution in [0.25, 0.3) is 0 Å². The van der Waals surface area contributed by atoms with Crippen molar-refractivity contribution >= 4 is 33.2 Å². The van der Waals surface area contributed by atoms with E-state index in [1.807, 2.05) is 13.1 Å². The number of nitrogens with zero attached hydrogens (tertiary/aromatic N) is 1. The maximum absolute atomic E-state index is 10.8. The highest BCUT2D eigenvalue weighted by Crippen LogP contribution is 2.31. The molecule has 0 aromatic heterocycles. The number of non-ortho nitro benzene ring substituents is 1. The Labute approximate surface area is 135 Å². The van der Waals surface area contributed by atoms with Crippen LogP contribution in [0.3, 0.4) is 0 Å². The number of nitrogens with one attached hydrogen (secondary N) is 1. The lowest BCUT2D eigenvalue weighted by Crippen LogP contribution is -2.05. The third-order valence-corrected chi connectivity index (χ3v) is 3.50. The number of ether oxygens (including phenoxy) is 1. The molecule has 0 amide bonds. The van der Waals surface area contributed by atoms with Crippen molar-refractivity contribution in [2.75, 3.05) is 7.05 Å². The van der Waals surface area contributed by atoms with E-state index in [-0.39, 0.29) is 5.69 Å². The van der Waals surface area contributed by atoms with Crippen molar-refractivity contribution in [2.45, 2.75) is 6.54 Å². The predicted molar refractivity (Wildman–Crippen MR) is 85.1 cm³/mol. The average Bonchev–Trinajstić information content (AvgIpc) is 2.41. The zero-order valence-corrected chi connectivity index (χ0v) is 13.4. The lowest BCUT2D eigenvalue weighted by molar-refractivity contribution is -0.385. The van der Waals surface area contributed by atoms with Crippen LogP contribution in [0.15, 0.2) is 40.9 Å². The number of hydrogen-bond acceptors (Lipinski definition) is 4. The Morgan fingerprint density at radius 3 is 2.67 bits per heavy atom. The molecular weight excluding hydrogens is 360 g/mol. The van der Waals surface area contributed by atoms with Gasteiger partial charge in [0.2, 0.25) is 0 Å². The third kappa shape index (κ3) is 4.17. The molecule has 0 saturated heterocycles. The summed E-state index contributed by atoms with van der Waals surface area (Å²) in [4.78, 5) is 10.4. The van der Waals surface area contributed by atoms with Crippen LogP contribution in [-0.2, 0) is 6.54 Å². The van der Waals surface area contributed by atoms with Gasteiger partial charge in [0.15, 0.2) is 0 Å². The van der Waals surface area contributed by atoms with Crippen molar-refractivity contribution in [3.8, 4) is 11.5 Å². The Bertz CT molecular complexity index is 679. The van der Waals surface area contributed by atoms with E-state index >= 15 is 0 Å². The number of nitro benzene ring substituents is 1. The van der Waals surface area contributed by atoms with E-state index < -0.39 is 4.92 Å². The molecule has 0 unspecified atom stereocenters. The van der Waals surface area contributed by atoms with Gasteiger partial charge >= 0.3 is 0 Å². The summed E-state index contributed by atoms with van der Waals surface area (Å²) in [5.41, 5.74) is 0.906. The summed E-state index contributed by atoms with van der Waals surface area (Å²) < 4.78 is 6.20. The Kier molecular flexibility index (Phi) is 5.17. The van der Waals surface area contributed by atoms with Gasteiger partial charge in [0.25, 0.3) is 5.69 Å². The van der Waals surface area contributed by atoms with Gasteiger partial charge in [0, 0.05) is 22.1 Å². The second kappa shape index (κ2) is 6.89. The maximum atomic E-state index is 10.8. The van der Waals surface area contributed by atoms with Crippen LogP contribution < -0.4 is 10.1 Å². The molecule has 2 rings (SSSR count). The van der Waals surface area contributed by atoms with Gasteiger partial charge < -0.3 is 10.1 Å². The fourth-order valence-corrected chi connectivity index (χ4v) is 2.47. The Morgan fingerprint density at radius 1 is 1.29 bits per heavy atom. The Morgan fingerprint density at radius 2 is 2.05 bits per heavy atom. The molecule has 0 aliphatic carbocycles. The monoisotopic (exact) mass is 370 g/mol. The van der Waals surface area contributed by atoms with Crippen molar-refractivity contribution in [2.24, 2.45) is 0 Å². The highest BCUT2D eigenvalue weighted by Gasteiger charge is 2.11. The van der Waals surface area contributed by atoms with Crippen molar-refractivity contribution in [1.29, 1.82) is 0 Å². The second-order valence-corrected chi connectivity index (χ2v) is 5.61. The number of halogens is 2. The molecule has 0 aliphatic heterocycles. The van der Waals surface area contributed by atoms with Gasteiger partial charge in [-0.2, -0.15) is 0 Å². The molecule has 7 heteroatoms. The van der Waals surface area contributed by atoms with E-state index in [1.54, 1.807) is 18.2 Å². The second-order valence-electron chi connectivity index (χ2n) is 4.29. The van der Waals surface area contributed by atoms with Crippen LogP contribution in [0, 0.1) is 10.1 Å². The quantitative estimate of drug-likeness (QED) is 0.620. The number of benzene rings is 2. The van der Waals surface area contributed by atoms with Crippen LogP contribution in [0.5, 0.6) is 11.5 Å². The summed E-state index contributed by atoms with van der Waals surface area (Å²) in [5, 5.41) is 14.4. The highest BCUT2D eigenvalue weighted by molar-refractivity contribution is 9.10. The van der Waals surface area contributed by atoms with Crippen molar-refractivity contribution in [1.82, 2.24) is 5.32 Å². The average molecular weight is 372 g/mol. The maximum Gasteiger partial charge on any atom is 0.274 e. The molecule has 5 nitrogen and oxygen atoms in total. The van der Waals surface area contributed by atoms with Crippen LogP contribution in [-0.4, -0.2) is 12.0 Å². The topological polar surface area (TPSA) is 64.4 Å². The highest BCUT2D eigenvalue weighted by atomic mass is 79.9. The van der Waals surface area contributed by atoms with Gasteiger partial charge in [0.05, 0.1) is 11.0 Å². The lowest BCUT2D eigenvalue weighted by Gasteiger charge is -2.09. The van der Waals surface area contributed by atoms with Gasteiger partial charge in [-0.1, -0.05) is 33.6 Å². The predicted octanol–water partition coefficient (Wildman–Crippen LogP) is 4.52. The van der Waals surface area contributed by atoms with Gasteiger partial charge in [0.1, 0.15) is 11.5 Å². The molecule has 0 spiro atoms. The zero-order valence-electron chi connectivity index (χ0n) is 11.1. The lowest BCUT2D eigenvalue weighted by atomic mass is 10.2. The van der Waals surface area contributed by atoms with Crippen LogP contribution in [0.4, 0.5) is 5.69 Å². The Hall–Kier alpha value is -1.63. The summed E-state index contributed by atoms with van der Waals surface area (Å²) in [6.45, 7) is 0.654. The summed E-state index contributed by atoms with van der Waals surface area (Å²) in [6, 6.07) is 9.73. The van der Waals surface area contributed by atoms with E-state index in [0.29, 0.717) is 27.5 Å². The molecular formula is C14H12BrClN2O3. The minimum absolute atomic E-state index is 0.0442. The first kappa shape index (κ1) is 15.8. The van der Waals surface area contributed by atoms with Crippen LogP contribution in [0.2, 0.25) is 5.02 Å². The fourth-order valence-electron chi connectivity index (χ4n) is 1.77. The molecule has 0 heterocycles. The number of hydrogen-bond donors (Lipinski definition) is 1. The first-order valence-corrected chi connectivity index (χ1v) is 7.22. The molecule has 0 atom stereocenters. The van der Waals surface area contributed by atoms with Crippen LogP contribution in [0.1, 0.15) is 5.56 Å². The molecule has 1 N–H and O–H groups in total. The number of nitro groups is 1. The molecule has 0 saturated carbocycles. The van der Waals surface area contributed by atoms with E-state index in [4.69, 9.17) is 16.3 Å². The molecule has 110 valence electrons. The normalized spacial score (nSPS) is 10.4. The molecule has 0 bridgehead atoms. The molecule has 2 aromatic carbocycles. The van der Waals surface area contributed by atoms with Gasteiger partial charge in [-0.3, -0.25) is 10.1 Å². The minimum Gasteiger partial charge on any atom is -0.457 e. The zero-order chi connectivity index (χ0) is 15.4. The van der Waals surface area contributed by atoms with Crippen molar-refractivity contribution in [3.05, 3.63) is 61.6 Å². The molecule has 0 aliphatic rings. The molecule has 2 aromatic rings. The first-order valence-electron chi connectivity index (χ1n) is 6.05. The third-order valence-electron chi connectivity index (χ3n) is 2.69. The Balaban J connectivity index is 2.26. The fraction of sp³-hybridized carbons (Fsp3) is 0.143. The minimum atomic E-state index is -0.472. The molecule has 21 heavy (non-hydrogen) atoms. The SMILES string of the molecule is CNCc1ccc(Oc2cc(Br)cc([N+](=O)[O-])c2)cc1Cl. The van der Waals surface area contributed by atoms with Crippen molar-refractivity contribution < 1.29 is 9.66 Å². The largest absolute Gasteiger partial charge is 0.457 e. The van der Waals surface area contributed by atoms with Gasteiger partial charge in [-0.05, 0) is 30.8 Å². The summed E-state index contributed by atoms with van der Waals surface area (Å²) in [5.74, 6) is 0.890. The van der Waals surface area contributed by atoms with E-state index in [9.17, 15) is 10.1 Å². The van der Waals surface area contributed by atoms with Crippen LogP contribution >= 0.6 is 27.5 Å².